The van der Waals surface area contributed by atoms with Gasteiger partial charge in [-0.25, -0.2) is 0 Å². The molecular formula is C19H24N2O. The average Bonchev–Trinajstić information content (AvgIpc) is 2.77. The molecule has 22 heavy (non-hydrogen) atoms. The first-order valence-electron chi connectivity index (χ1n) is 8.33. The van der Waals surface area contributed by atoms with E-state index in [4.69, 9.17) is 0 Å². The Hall–Kier alpha value is -1.90. The zero-order chi connectivity index (χ0) is 15.5. The number of benzene rings is 1. The van der Waals surface area contributed by atoms with Gasteiger partial charge in [0.1, 0.15) is 5.82 Å². The minimum Gasteiger partial charge on any atom is -0.330 e. The van der Waals surface area contributed by atoms with Gasteiger partial charge in [0.05, 0.1) is 5.56 Å². The molecule has 0 unspecified atom stereocenters. The van der Waals surface area contributed by atoms with E-state index in [0.717, 1.165) is 22.6 Å². The third kappa shape index (κ3) is 2.85. The van der Waals surface area contributed by atoms with Gasteiger partial charge in [0.15, 0.2) is 0 Å². The molecule has 116 valence electrons. The normalized spacial score (nSPS) is 16.5. The molecule has 1 aromatic heterocycles. The van der Waals surface area contributed by atoms with E-state index in [-0.39, 0.29) is 5.56 Å². The summed E-state index contributed by atoms with van der Waals surface area (Å²) in [7, 11) is 0. The van der Waals surface area contributed by atoms with Crippen molar-refractivity contribution < 1.29 is 0 Å². The minimum atomic E-state index is -0.105. The Bertz CT molecular complexity index is 695. The van der Waals surface area contributed by atoms with Crippen LogP contribution in [0.15, 0.2) is 35.1 Å². The van der Waals surface area contributed by atoms with Crippen molar-refractivity contribution in [1.82, 2.24) is 9.55 Å². The quantitative estimate of drug-likeness (QED) is 0.769. The number of nitrogens with zero attached hydrogens (tertiary/aromatic N) is 2. The highest BCUT2D eigenvalue weighted by Crippen LogP contribution is 2.30. The Labute approximate surface area is 132 Å². The van der Waals surface area contributed by atoms with Crippen molar-refractivity contribution in [2.75, 3.05) is 0 Å². The van der Waals surface area contributed by atoms with Gasteiger partial charge in [-0.2, -0.15) is 4.98 Å². The second-order valence-electron chi connectivity index (χ2n) is 6.31. The molecule has 3 nitrogen and oxygen atoms in total. The van der Waals surface area contributed by atoms with Gasteiger partial charge in [-0.15, -0.1) is 0 Å². The SMILES string of the molecule is Cc1nc(=O)c(-c2ccccc2)c(C)n1C1CCCCCC1. The summed E-state index contributed by atoms with van der Waals surface area (Å²) in [6.07, 6.45) is 7.59. The van der Waals surface area contributed by atoms with E-state index >= 15 is 0 Å². The molecule has 1 fully saturated rings. The average molecular weight is 296 g/mol. The molecule has 1 aliphatic rings. The number of aromatic nitrogens is 2. The van der Waals surface area contributed by atoms with Crippen molar-refractivity contribution in [2.24, 2.45) is 0 Å². The molecule has 0 spiro atoms. The Morgan fingerprint density at radius 3 is 2.27 bits per heavy atom. The van der Waals surface area contributed by atoms with Crippen LogP contribution in [0.3, 0.4) is 0 Å². The van der Waals surface area contributed by atoms with E-state index in [9.17, 15) is 4.79 Å². The molecule has 0 N–H and O–H groups in total. The Balaban J connectivity index is 2.13. The smallest absolute Gasteiger partial charge is 0.281 e. The first-order chi connectivity index (χ1) is 10.7. The fourth-order valence-corrected chi connectivity index (χ4v) is 3.77. The molecule has 1 heterocycles. The monoisotopic (exact) mass is 296 g/mol. The van der Waals surface area contributed by atoms with Crippen molar-refractivity contribution in [3.8, 4) is 11.1 Å². The predicted molar refractivity (Wildman–Crippen MR) is 90.1 cm³/mol. The van der Waals surface area contributed by atoms with E-state index in [1.807, 2.05) is 37.3 Å². The van der Waals surface area contributed by atoms with Gasteiger partial charge in [-0.3, -0.25) is 4.79 Å². The van der Waals surface area contributed by atoms with Crippen LogP contribution >= 0.6 is 0 Å². The van der Waals surface area contributed by atoms with Crippen LogP contribution in [0.2, 0.25) is 0 Å². The fraction of sp³-hybridized carbons (Fsp3) is 0.474. The molecule has 1 aliphatic carbocycles. The Morgan fingerprint density at radius 1 is 1.00 bits per heavy atom. The second kappa shape index (κ2) is 6.47. The van der Waals surface area contributed by atoms with Crippen molar-refractivity contribution in [3.63, 3.8) is 0 Å². The minimum absolute atomic E-state index is 0.105. The summed E-state index contributed by atoms with van der Waals surface area (Å²) in [6.45, 7) is 4.04. The number of aryl methyl sites for hydroxylation is 1. The van der Waals surface area contributed by atoms with Crippen LogP contribution < -0.4 is 5.56 Å². The molecule has 1 aromatic carbocycles. The molecule has 0 aliphatic heterocycles. The highest BCUT2D eigenvalue weighted by atomic mass is 16.1. The van der Waals surface area contributed by atoms with Gasteiger partial charge in [0.25, 0.3) is 5.56 Å². The van der Waals surface area contributed by atoms with Crippen LogP contribution in [0.4, 0.5) is 0 Å². The van der Waals surface area contributed by atoms with E-state index < -0.39 is 0 Å². The summed E-state index contributed by atoms with van der Waals surface area (Å²) in [5.41, 5.74) is 2.69. The third-order valence-corrected chi connectivity index (χ3v) is 4.80. The molecule has 3 rings (SSSR count). The lowest BCUT2D eigenvalue weighted by molar-refractivity contribution is 0.419. The zero-order valence-corrected chi connectivity index (χ0v) is 13.5. The summed E-state index contributed by atoms with van der Waals surface area (Å²) >= 11 is 0. The van der Waals surface area contributed by atoms with E-state index in [2.05, 4.69) is 16.5 Å². The van der Waals surface area contributed by atoms with Crippen LogP contribution in [0.25, 0.3) is 11.1 Å². The molecule has 3 heteroatoms. The Kier molecular flexibility index (Phi) is 4.41. The summed E-state index contributed by atoms with van der Waals surface area (Å²) in [6, 6.07) is 10.4. The maximum atomic E-state index is 12.4. The molecule has 0 saturated heterocycles. The predicted octanol–water partition coefficient (Wildman–Crippen LogP) is 4.42. The highest BCUT2D eigenvalue weighted by molar-refractivity contribution is 5.64. The van der Waals surface area contributed by atoms with Crippen molar-refractivity contribution in [3.05, 3.63) is 52.2 Å². The van der Waals surface area contributed by atoms with E-state index in [1.165, 1.54) is 38.5 Å². The highest BCUT2D eigenvalue weighted by Gasteiger charge is 2.20. The molecule has 1 saturated carbocycles. The number of rotatable bonds is 2. The van der Waals surface area contributed by atoms with Crippen LogP contribution in [0.1, 0.15) is 56.1 Å². The maximum Gasteiger partial charge on any atom is 0.281 e. The van der Waals surface area contributed by atoms with Crippen molar-refractivity contribution in [2.45, 2.75) is 58.4 Å². The molecule has 0 radical (unpaired) electrons. The van der Waals surface area contributed by atoms with Crippen LogP contribution in [-0.4, -0.2) is 9.55 Å². The zero-order valence-electron chi connectivity index (χ0n) is 13.5. The second-order valence-corrected chi connectivity index (χ2v) is 6.31. The van der Waals surface area contributed by atoms with Gasteiger partial charge in [-0.1, -0.05) is 56.0 Å². The van der Waals surface area contributed by atoms with Gasteiger partial charge in [-0.05, 0) is 32.3 Å². The summed E-state index contributed by atoms with van der Waals surface area (Å²) in [5.74, 6) is 0.856. The van der Waals surface area contributed by atoms with Crippen LogP contribution in [0.5, 0.6) is 0 Å². The molecule has 0 atom stereocenters. The van der Waals surface area contributed by atoms with Gasteiger partial charge >= 0.3 is 0 Å². The summed E-state index contributed by atoms with van der Waals surface area (Å²) < 4.78 is 2.31. The molecule has 0 bridgehead atoms. The van der Waals surface area contributed by atoms with Gasteiger partial charge in [0, 0.05) is 11.7 Å². The summed E-state index contributed by atoms with van der Waals surface area (Å²) in [5, 5.41) is 0. The van der Waals surface area contributed by atoms with E-state index in [1.54, 1.807) is 0 Å². The molecule has 0 amide bonds. The van der Waals surface area contributed by atoms with Crippen molar-refractivity contribution >= 4 is 0 Å². The van der Waals surface area contributed by atoms with Crippen LogP contribution in [0, 0.1) is 13.8 Å². The molecular weight excluding hydrogens is 272 g/mol. The first-order valence-corrected chi connectivity index (χ1v) is 8.33. The standard InChI is InChI=1S/C19H24N2O/c1-14-18(16-10-6-5-7-11-16)19(22)20-15(2)21(14)17-12-8-3-4-9-13-17/h5-7,10-11,17H,3-4,8-9,12-13H2,1-2H3. The fourth-order valence-electron chi connectivity index (χ4n) is 3.77. The molecule has 2 aromatic rings. The summed E-state index contributed by atoms with van der Waals surface area (Å²) in [4.78, 5) is 16.8. The number of hydrogen-bond donors (Lipinski definition) is 0. The number of hydrogen-bond acceptors (Lipinski definition) is 2. The van der Waals surface area contributed by atoms with Gasteiger partial charge < -0.3 is 4.57 Å². The lowest BCUT2D eigenvalue weighted by atomic mass is 10.0. The largest absolute Gasteiger partial charge is 0.330 e. The lowest BCUT2D eigenvalue weighted by Crippen LogP contribution is -2.24. The lowest BCUT2D eigenvalue weighted by Gasteiger charge is -2.25. The van der Waals surface area contributed by atoms with E-state index in [0.29, 0.717) is 6.04 Å². The van der Waals surface area contributed by atoms with Gasteiger partial charge in [0.2, 0.25) is 0 Å². The maximum absolute atomic E-state index is 12.4. The van der Waals surface area contributed by atoms with Crippen molar-refractivity contribution in [1.29, 1.82) is 0 Å². The van der Waals surface area contributed by atoms with Crippen LogP contribution in [-0.2, 0) is 0 Å². The first kappa shape index (κ1) is 15.0. The topological polar surface area (TPSA) is 34.9 Å². The third-order valence-electron chi connectivity index (χ3n) is 4.80. The Morgan fingerprint density at radius 2 is 1.64 bits per heavy atom.